The Hall–Kier alpha value is -1.99. The third kappa shape index (κ3) is 2.94. The number of ether oxygens (including phenoxy) is 1. The summed E-state index contributed by atoms with van der Waals surface area (Å²) in [7, 11) is 1.78. The van der Waals surface area contributed by atoms with E-state index >= 15 is 0 Å². The first-order valence-corrected chi connectivity index (χ1v) is 6.34. The Kier molecular flexibility index (Phi) is 4.31. The molecule has 0 aromatic heterocycles. The van der Waals surface area contributed by atoms with Gasteiger partial charge in [-0.3, -0.25) is 14.9 Å². The Morgan fingerprint density at radius 1 is 1.45 bits per heavy atom. The fourth-order valence-electron chi connectivity index (χ4n) is 2.18. The van der Waals surface area contributed by atoms with E-state index in [1.807, 2.05) is 0 Å². The lowest BCUT2D eigenvalue weighted by Crippen LogP contribution is -2.39. The summed E-state index contributed by atoms with van der Waals surface area (Å²) in [6.45, 7) is 2.63. The summed E-state index contributed by atoms with van der Waals surface area (Å²) in [5, 5.41) is 16.5. The highest BCUT2D eigenvalue weighted by Crippen LogP contribution is 2.23. The van der Waals surface area contributed by atoms with Crippen LogP contribution in [0.25, 0.3) is 0 Å². The average Bonchev–Trinajstić information content (AvgIpc) is 2.89. The summed E-state index contributed by atoms with van der Waals surface area (Å²) >= 11 is 0. The lowest BCUT2D eigenvalue weighted by molar-refractivity contribution is -0.384. The molecule has 20 heavy (non-hydrogen) atoms. The van der Waals surface area contributed by atoms with Gasteiger partial charge < -0.3 is 15.4 Å². The molecule has 1 aliphatic heterocycles. The molecule has 7 heteroatoms. The summed E-state index contributed by atoms with van der Waals surface area (Å²) < 4.78 is 5.28. The van der Waals surface area contributed by atoms with Crippen molar-refractivity contribution in [2.45, 2.75) is 13.0 Å². The van der Waals surface area contributed by atoms with Crippen molar-refractivity contribution >= 4 is 17.3 Å². The van der Waals surface area contributed by atoms with Crippen molar-refractivity contribution < 1.29 is 14.5 Å². The second kappa shape index (κ2) is 5.98. The number of hydrogen-bond donors (Lipinski definition) is 2. The van der Waals surface area contributed by atoms with Crippen LogP contribution < -0.4 is 10.6 Å². The van der Waals surface area contributed by atoms with Crippen molar-refractivity contribution in [1.82, 2.24) is 5.32 Å². The highest BCUT2D eigenvalue weighted by molar-refractivity contribution is 5.94. The van der Waals surface area contributed by atoms with E-state index in [-0.39, 0.29) is 23.6 Å². The maximum atomic E-state index is 12.2. The third-order valence-electron chi connectivity index (χ3n) is 3.48. The van der Waals surface area contributed by atoms with Gasteiger partial charge in [-0.2, -0.15) is 0 Å². The lowest BCUT2D eigenvalue weighted by atomic mass is 10.0. The molecule has 0 spiro atoms. The van der Waals surface area contributed by atoms with Gasteiger partial charge in [0.15, 0.2) is 0 Å². The molecule has 1 aliphatic rings. The minimum absolute atomic E-state index is 0.0333. The van der Waals surface area contributed by atoms with E-state index in [4.69, 9.17) is 4.74 Å². The molecular formula is C13H17N3O4. The smallest absolute Gasteiger partial charge is 0.271 e. The molecule has 1 aromatic rings. The molecule has 1 heterocycles. The van der Waals surface area contributed by atoms with Crippen molar-refractivity contribution in [1.29, 1.82) is 0 Å². The molecule has 2 N–H and O–H groups in total. The van der Waals surface area contributed by atoms with Crippen LogP contribution in [0.3, 0.4) is 0 Å². The number of amides is 1. The molecule has 1 saturated heterocycles. The fourth-order valence-corrected chi connectivity index (χ4v) is 2.18. The van der Waals surface area contributed by atoms with Gasteiger partial charge in [0.25, 0.3) is 5.69 Å². The van der Waals surface area contributed by atoms with Crippen LogP contribution >= 0.6 is 0 Å². The number of hydrogen-bond acceptors (Lipinski definition) is 5. The van der Waals surface area contributed by atoms with Crippen LogP contribution in [-0.2, 0) is 9.53 Å². The van der Waals surface area contributed by atoms with E-state index < -0.39 is 4.92 Å². The molecule has 2 atom stereocenters. The van der Waals surface area contributed by atoms with E-state index in [9.17, 15) is 14.9 Å². The van der Waals surface area contributed by atoms with Crippen LogP contribution in [0.4, 0.5) is 11.4 Å². The largest absolute Gasteiger partial charge is 0.379 e. The maximum Gasteiger partial charge on any atom is 0.271 e. The van der Waals surface area contributed by atoms with Crippen molar-refractivity contribution in [2.24, 2.45) is 5.92 Å². The van der Waals surface area contributed by atoms with E-state index in [0.717, 1.165) is 5.56 Å². The highest BCUT2D eigenvalue weighted by atomic mass is 16.6. The Morgan fingerprint density at radius 3 is 2.85 bits per heavy atom. The quantitative estimate of drug-likeness (QED) is 0.635. The molecule has 0 bridgehead atoms. The van der Waals surface area contributed by atoms with Gasteiger partial charge in [-0.1, -0.05) is 6.07 Å². The zero-order valence-corrected chi connectivity index (χ0v) is 11.4. The number of non-ortho nitro benzene ring substituents is 1. The number of aryl methyl sites for hydroxylation is 1. The van der Waals surface area contributed by atoms with Gasteiger partial charge in [0, 0.05) is 18.2 Å². The Labute approximate surface area is 116 Å². The Balaban J connectivity index is 2.15. The van der Waals surface area contributed by atoms with E-state index in [1.165, 1.54) is 12.1 Å². The molecule has 1 aromatic carbocycles. The monoisotopic (exact) mass is 279 g/mol. The standard InChI is InChI=1S/C13H17N3O4/c1-8-3-4-9(16(18)19)5-11(8)15-13(17)10-6-20-7-12(10)14-2/h3-5,10,12,14H,6-7H2,1-2H3,(H,15,17). The first kappa shape index (κ1) is 14.4. The second-order valence-corrected chi connectivity index (χ2v) is 4.78. The number of carbonyl (C=O) groups excluding carboxylic acids is 1. The van der Waals surface area contributed by atoms with Crippen molar-refractivity contribution in [3.63, 3.8) is 0 Å². The predicted octanol–water partition coefficient (Wildman–Crippen LogP) is 1.08. The molecule has 0 radical (unpaired) electrons. The van der Waals surface area contributed by atoms with Crippen LogP contribution in [0.1, 0.15) is 5.56 Å². The number of carbonyl (C=O) groups is 1. The van der Waals surface area contributed by atoms with Crippen molar-refractivity contribution in [2.75, 3.05) is 25.6 Å². The van der Waals surface area contributed by atoms with Gasteiger partial charge in [0.05, 0.1) is 29.7 Å². The van der Waals surface area contributed by atoms with Crippen molar-refractivity contribution in [3.8, 4) is 0 Å². The SMILES string of the molecule is CNC1COCC1C(=O)Nc1cc([N+](=O)[O-])ccc1C. The minimum atomic E-state index is -0.482. The second-order valence-electron chi connectivity index (χ2n) is 4.78. The average molecular weight is 279 g/mol. The van der Waals surface area contributed by atoms with Crippen molar-refractivity contribution in [3.05, 3.63) is 33.9 Å². The number of likely N-dealkylation sites (N-methyl/N-ethyl adjacent to an activating group) is 1. The number of benzene rings is 1. The molecular weight excluding hydrogens is 262 g/mol. The van der Waals surface area contributed by atoms with Crippen LogP contribution in [0.5, 0.6) is 0 Å². The molecule has 0 saturated carbocycles. The fraction of sp³-hybridized carbons (Fsp3) is 0.462. The van der Waals surface area contributed by atoms with Gasteiger partial charge >= 0.3 is 0 Å². The van der Waals surface area contributed by atoms with E-state index in [0.29, 0.717) is 18.9 Å². The van der Waals surface area contributed by atoms with Crippen LogP contribution in [0.15, 0.2) is 18.2 Å². The zero-order chi connectivity index (χ0) is 14.7. The summed E-state index contributed by atoms with van der Waals surface area (Å²) in [5.74, 6) is -0.482. The Morgan fingerprint density at radius 2 is 2.20 bits per heavy atom. The number of rotatable bonds is 4. The summed E-state index contributed by atoms with van der Waals surface area (Å²) in [5.41, 5.74) is 1.20. The first-order valence-electron chi connectivity index (χ1n) is 6.34. The minimum Gasteiger partial charge on any atom is -0.379 e. The number of anilines is 1. The topological polar surface area (TPSA) is 93.5 Å². The first-order chi connectivity index (χ1) is 9.52. The molecule has 2 rings (SSSR count). The van der Waals surface area contributed by atoms with Gasteiger partial charge in [0.1, 0.15) is 0 Å². The predicted molar refractivity (Wildman–Crippen MR) is 73.6 cm³/mol. The summed E-state index contributed by atoms with van der Waals surface area (Å²) in [6.07, 6.45) is 0. The van der Waals surface area contributed by atoms with Crippen LogP contribution in [0.2, 0.25) is 0 Å². The Bertz CT molecular complexity index is 532. The molecule has 2 unspecified atom stereocenters. The van der Waals surface area contributed by atoms with Crippen LogP contribution in [0, 0.1) is 23.0 Å². The normalized spacial score (nSPS) is 21.7. The molecule has 108 valence electrons. The molecule has 1 amide bonds. The van der Waals surface area contributed by atoms with E-state index in [1.54, 1.807) is 20.0 Å². The van der Waals surface area contributed by atoms with Gasteiger partial charge in [0.2, 0.25) is 5.91 Å². The number of nitrogens with one attached hydrogen (secondary N) is 2. The summed E-state index contributed by atoms with van der Waals surface area (Å²) in [6, 6.07) is 4.38. The number of nitro groups is 1. The van der Waals surface area contributed by atoms with Gasteiger partial charge in [-0.25, -0.2) is 0 Å². The van der Waals surface area contributed by atoms with Gasteiger partial charge in [-0.05, 0) is 19.5 Å². The number of nitro benzene ring substituents is 1. The third-order valence-corrected chi connectivity index (χ3v) is 3.48. The molecule has 1 fully saturated rings. The van der Waals surface area contributed by atoms with E-state index in [2.05, 4.69) is 10.6 Å². The summed E-state index contributed by atoms with van der Waals surface area (Å²) in [4.78, 5) is 22.5. The molecule has 0 aliphatic carbocycles. The number of nitrogens with zero attached hydrogens (tertiary/aromatic N) is 1. The highest BCUT2D eigenvalue weighted by Gasteiger charge is 2.33. The molecule has 7 nitrogen and oxygen atoms in total. The lowest BCUT2D eigenvalue weighted by Gasteiger charge is -2.17. The zero-order valence-electron chi connectivity index (χ0n) is 11.4. The van der Waals surface area contributed by atoms with Gasteiger partial charge in [-0.15, -0.1) is 0 Å². The maximum absolute atomic E-state index is 12.2. The van der Waals surface area contributed by atoms with Crippen LogP contribution in [-0.4, -0.2) is 37.1 Å².